The molecule has 2 unspecified atom stereocenters. The van der Waals surface area contributed by atoms with Crippen LogP contribution in [0.15, 0.2) is 0 Å². The summed E-state index contributed by atoms with van der Waals surface area (Å²) in [6.07, 6.45) is 7.16. The van der Waals surface area contributed by atoms with Gasteiger partial charge in [-0.1, -0.05) is 58.3 Å². The number of unbranched alkanes of at least 4 members (excludes halogenated alkanes) is 7. The van der Waals surface area contributed by atoms with Crippen LogP contribution in [-0.4, -0.2) is 18.8 Å². The average molecular weight is 293 g/mol. The number of hydrogen-bond acceptors (Lipinski definition) is 1. The predicted octanol–water partition coefficient (Wildman–Crippen LogP) is 5.45. The first kappa shape index (κ1) is 17.8. The molecule has 0 aromatic heterocycles. The van der Waals surface area contributed by atoms with Crippen LogP contribution in [0.1, 0.15) is 77.6 Å². The van der Waals surface area contributed by atoms with Gasteiger partial charge in [0.25, 0.3) is 0 Å². The quantitative estimate of drug-likeness (QED) is 0.557. The molecule has 1 fully saturated rings. The molecule has 1 aliphatic heterocycles. The van der Waals surface area contributed by atoms with Gasteiger partial charge < -0.3 is 5.32 Å². The molecule has 120 valence electrons. The third-order valence-corrected chi connectivity index (χ3v) is 4.37. The smallest absolute Gasteiger partial charge is 0.313 e. The molecule has 0 aromatic rings. The predicted molar refractivity (Wildman–Crippen MR) is 77.8 cm³/mol. The van der Waals surface area contributed by atoms with E-state index in [-0.39, 0.29) is 6.04 Å². The topological polar surface area (TPSA) is 12.0 Å². The minimum absolute atomic E-state index is 0.304. The Morgan fingerprint density at radius 2 is 1.55 bits per heavy atom. The van der Waals surface area contributed by atoms with Crippen molar-refractivity contribution in [2.24, 2.45) is 5.92 Å². The van der Waals surface area contributed by atoms with Gasteiger partial charge in [0.15, 0.2) is 0 Å². The van der Waals surface area contributed by atoms with Crippen LogP contribution in [0, 0.1) is 5.92 Å². The number of rotatable bonds is 9. The fourth-order valence-corrected chi connectivity index (χ4v) is 3.15. The third kappa shape index (κ3) is 6.96. The van der Waals surface area contributed by atoms with E-state index in [1.807, 2.05) is 0 Å². The maximum Gasteiger partial charge on any atom is 0.393 e. The van der Waals surface area contributed by atoms with Crippen molar-refractivity contribution in [1.82, 2.24) is 5.32 Å². The van der Waals surface area contributed by atoms with Gasteiger partial charge in [0.1, 0.15) is 0 Å². The number of alkyl halides is 3. The molecule has 1 saturated heterocycles. The van der Waals surface area contributed by atoms with Gasteiger partial charge in [-0.05, 0) is 25.8 Å². The van der Waals surface area contributed by atoms with Gasteiger partial charge in [-0.25, -0.2) is 0 Å². The van der Waals surface area contributed by atoms with Crippen molar-refractivity contribution in [3.63, 3.8) is 0 Å². The van der Waals surface area contributed by atoms with Crippen LogP contribution >= 0.6 is 0 Å². The van der Waals surface area contributed by atoms with E-state index in [1.165, 1.54) is 38.5 Å². The highest BCUT2D eigenvalue weighted by atomic mass is 19.4. The molecule has 0 aliphatic carbocycles. The molecule has 0 spiro atoms. The van der Waals surface area contributed by atoms with E-state index in [4.69, 9.17) is 0 Å². The molecule has 0 amide bonds. The number of hydrogen-bond donors (Lipinski definition) is 1. The summed E-state index contributed by atoms with van der Waals surface area (Å²) in [7, 11) is 0. The maximum absolute atomic E-state index is 12.9. The number of halogens is 3. The standard InChI is InChI=1S/C16H30F3N/c1-2-3-4-5-6-7-8-9-12-15-14(16(17,18)19)11-10-13-20-15/h14-15,20H,2-13H2,1H3. The Bertz CT molecular complexity index is 240. The summed E-state index contributed by atoms with van der Waals surface area (Å²) in [5, 5.41) is 3.07. The molecule has 1 heterocycles. The van der Waals surface area contributed by atoms with Crippen molar-refractivity contribution in [2.45, 2.75) is 89.8 Å². The van der Waals surface area contributed by atoms with Crippen molar-refractivity contribution in [2.75, 3.05) is 6.54 Å². The summed E-state index contributed by atoms with van der Waals surface area (Å²) in [6, 6.07) is -0.344. The van der Waals surface area contributed by atoms with Crippen LogP contribution in [0.2, 0.25) is 0 Å². The van der Waals surface area contributed by atoms with Gasteiger partial charge >= 0.3 is 6.18 Å². The lowest BCUT2D eigenvalue weighted by Gasteiger charge is -2.34. The Labute approximate surface area is 121 Å². The molecule has 0 bridgehead atoms. The fourth-order valence-electron chi connectivity index (χ4n) is 3.15. The van der Waals surface area contributed by atoms with Gasteiger partial charge in [0.2, 0.25) is 0 Å². The second-order valence-corrected chi connectivity index (χ2v) is 6.11. The van der Waals surface area contributed by atoms with E-state index in [9.17, 15) is 13.2 Å². The van der Waals surface area contributed by atoms with E-state index in [0.717, 1.165) is 19.4 Å². The zero-order valence-electron chi connectivity index (χ0n) is 12.8. The Morgan fingerprint density at radius 3 is 2.15 bits per heavy atom. The van der Waals surface area contributed by atoms with Gasteiger partial charge in [0.05, 0.1) is 5.92 Å². The Balaban J connectivity index is 2.10. The SMILES string of the molecule is CCCCCCCCCCC1NCCCC1C(F)(F)F. The highest BCUT2D eigenvalue weighted by molar-refractivity contribution is 4.85. The maximum atomic E-state index is 12.9. The molecule has 4 heteroatoms. The van der Waals surface area contributed by atoms with E-state index < -0.39 is 12.1 Å². The largest absolute Gasteiger partial charge is 0.393 e. The first-order valence-corrected chi connectivity index (χ1v) is 8.35. The lowest BCUT2D eigenvalue weighted by molar-refractivity contribution is -0.188. The fraction of sp³-hybridized carbons (Fsp3) is 1.00. The van der Waals surface area contributed by atoms with Crippen molar-refractivity contribution in [3.8, 4) is 0 Å². The van der Waals surface area contributed by atoms with Crippen molar-refractivity contribution in [3.05, 3.63) is 0 Å². The van der Waals surface area contributed by atoms with Gasteiger partial charge in [0, 0.05) is 6.04 Å². The summed E-state index contributed by atoms with van der Waals surface area (Å²) in [6.45, 7) is 2.95. The second kappa shape index (κ2) is 9.64. The second-order valence-electron chi connectivity index (χ2n) is 6.11. The summed E-state index contributed by atoms with van der Waals surface area (Å²) < 4.78 is 38.7. The minimum atomic E-state index is -4.03. The van der Waals surface area contributed by atoms with E-state index >= 15 is 0 Å². The van der Waals surface area contributed by atoms with Gasteiger partial charge in [-0.2, -0.15) is 13.2 Å². The normalized spacial score (nSPS) is 24.0. The van der Waals surface area contributed by atoms with E-state index in [0.29, 0.717) is 19.3 Å². The molecule has 1 N–H and O–H groups in total. The highest BCUT2D eigenvalue weighted by Gasteiger charge is 2.44. The van der Waals surface area contributed by atoms with Crippen LogP contribution in [0.25, 0.3) is 0 Å². The zero-order valence-corrected chi connectivity index (χ0v) is 12.8. The first-order chi connectivity index (χ1) is 9.55. The molecule has 0 aromatic carbocycles. The molecular weight excluding hydrogens is 263 g/mol. The molecule has 1 nitrogen and oxygen atoms in total. The average Bonchev–Trinajstić information content (AvgIpc) is 2.41. The molecule has 2 atom stereocenters. The van der Waals surface area contributed by atoms with E-state index in [1.54, 1.807) is 0 Å². The van der Waals surface area contributed by atoms with Crippen LogP contribution in [0.5, 0.6) is 0 Å². The number of piperidine rings is 1. The zero-order chi connectivity index (χ0) is 14.8. The summed E-state index contributed by atoms with van der Waals surface area (Å²) in [4.78, 5) is 0. The van der Waals surface area contributed by atoms with Crippen LogP contribution in [-0.2, 0) is 0 Å². The lowest BCUT2D eigenvalue weighted by Crippen LogP contribution is -2.47. The summed E-state index contributed by atoms with van der Waals surface area (Å²) in [5.41, 5.74) is 0. The molecule has 0 radical (unpaired) electrons. The monoisotopic (exact) mass is 293 g/mol. The molecule has 20 heavy (non-hydrogen) atoms. The van der Waals surface area contributed by atoms with Crippen LogP contribution in [0.3, 0.4) is 0 Å². The Morgan fingerprint density at radius 1 is 0.950 bits per heavy atom. The highest BCUT2D eigenvalue weighted by Crippen LogP contribution is 2.35. The lowest BCUT2D eigenvalue weighted by atomic mass is 9.87. The van der Waals surface area contributed by atoms with Crippen LogP contribution < -0.4 is 5.32 Å². The first-order valence-electron chi connectivity index (χ1n) is 8.35. The van der Waals surface area contributed by atoms with Crippen molar-refractivity contribution < 1.29 is 13.2 Å². The van der Waals surface area contributed by atoms with E-state index in [2.05, 4.69) is 12.2 Å². The molecule has 1 aliphatic rings. The van der Waals surface area contributed by atoms with Gasteiger partial charge in [-0.3, -0.25) is 0 Å². The number of nitrogens with one attached hydrogen (secondary N) is 1. The van der Waals surface area contributed by atoms with Gasteiger partial charge in [-0.15, -0.1) is 0 Å². The third-order valence-electron chi connectivity index (χ3n) is 4.37. The summed E-state index contributed by atoms with van der Waals surface area (Å²) in [5.74, 6) is -1.12. The summed E-state index contributed by atoms with van der Waals surface area (Å²) >= 11 is 0. The Kier molecular flexibility index (Phi) is 8.58. The molecule has 0 saturated carbocycles. The Hall–Kier alpha value is -0.250. The van der Waals surface area contributed by atoms with Crippen molar-refractivity contribution in [1.29, 1.82) is 0 Å². The van der Waals surface area contributed by atoms with Crippen molar-refractivity contribution >= 4 is 0 Å². The molecular formula is C16H30F3N. The van der Waals surface area contributed by atoms with Crippen LogP contribution in [0.4, 0.5) is 13.2 Å². The molecule has 1 rings (SSSR count). The minimum Gasteiger partial charge on any atom is -0.313 e.